The maximum absolute atomic E-state index is 12.5. The van der Waals surface area contributed by atoms with Gasteiger partial charge in [-0.25, -0.2) is 4.79 Å². The van der Waals surface area contributed by atoms with Crippen LogP contribution in [0.25, 0.3) is 0 Å². The highest BCUT2D eigenvalue weighted by Crippen LogP contribution is 2.11. The van der Waals surface area contributed by atoms with Crippen LogP contribution in [-0.4, -0.2) is 48.5 Å². The van der Waals surface area contributed by atoms with Crippen LogP contribution in [0.2, 0.25) is 0 Å². The predicted octanol–water partition coefficient (Wildman–Crippen LogP) is 3.96. The van der Waals surface area contributed by atoms with Crippen molar-refractivity contribution in [3.63, 3.8) is 0 Å². The molecule has 174 valence electrons. The lowest BCUT2D eigenvalue weighted by atomic mass is 10.1. The molecule has 1 aliphatic heterocycles. The van der Waals surface area contributed by atoms with Crippen LogP contribution in [0.5, 0.6) is 0 Å². The molecule has 1 atom stereocenters. The molecular weight excluding hydrogens is 410 g/mol. The van der Waals surface area contributed by atoms with Gasteiger partial charge >= 0.3 is 12.1 Å². The van der Waals surface area contributed by atoms with Crippen molar-refractivity contribution in [3.05, 3.63) is 48.0 Å². The molecule has 0 radical (unpaired) electrons. The molecule has 1 unspecified atom stereocenters. The third-order valence-electron chi connectivity index (χ3n) is 4.88. The largest absolute Gasteiger partial charge is 0.461 e. The van der Waals surface area contributed by atoms with Gasteiger partial charge in [-0.15, -0.1) is 4.99 Å². The first-order chi connectivity index (χ1) is 15.5. The van der Waals surface area contributed by atoms with E-state index in [2.05, 4.69) is 16.4 Å². The van der Waals surface area contributed by atoms with E-state index in [0.717, 1.165) is 31.2 Å². The monoisotopic (exact) mass is 443 g/mol. The number of guanidine groups is 1. The Bertz CT molecular complexity index is 807. The molecule has 1 aliphatic rings. The Morgan fingerprint density at radius 1 is 1.22 bits per heavy atom. The van der Waals surface area contributed by atoms with Crippen molar-refractivity contribution in [3.8, 4) is 0 Å². The zero-order valence-electron chi connectivity index (χ0n) is 18.9. The summed E-state index contributed by atoms with van der Waals surface area (Å²) in [6, 6.07) is 9.21. The van der Waals surface area contributed by atoms with E-state index in [1.165, 1.54) is 4.90 Å². The van der Waals surface area contributed by atoms with Crippen molar-refractivity contribution in [2.75, 3.05) is 13.6 Å². The number of benzene rings is 1. The van der Waals surface area contributed by atoms with Gasteiger partial charge < -0.3 is 14.4 Å². The summed E-state index contributed by atoms with van der Waals surface area (Å²) in [6.07, 6.45) is 8.10. The number of likely N-dealkylation sites (N-methyl/N-ethyl adjacent to an activating group) is 1. The Kier molecular flexibility index (Phi) is 11.0. The van der Waals surface area contributed by atoms with Gasteiger partial charge in [0.25, 0.3) is 0 Å². The predicted molar refractivity (Wildman–Crippen MR) is 122 cm³/mol. The third-order valence-corrected chi connectivity index (χ3v) is 4.88. The van der Waals surface area contributed by atoms with Crippen LogP contribution in [0.3, 0.4) is 0 Å². The lowest BCUT2D eigenvalue weighted by Crippen LogP contribution is -2.45. The van der Waals surface area contributed by atoms with Gasteiger partial charge in [-0.3, -0.25) is 14.9 Å². The molecule has 1 aromatic rings. The minimum Gasteiger partial charge on any atom is -0.461 e. The number of amides is 2. The lowest BCUT2D eigenvalue weighted by molar-refractivity contribution is -0.149. The lowest BCUT2D eigenvalue weighted by Gasteiger charge is -2.22. The van der Waals surface area contributed by atoms with Crippen LogP contribution in [0.4, 0.5) is 4.79 Å². The SMILES string of the molecule is CCCC1C/C=C/CCCCC(=O)N/C(=N/C(=O)OCc2ccccc2)N(C)CC(=O)O1. The molecule has 2 amide bonds. The average molecular weight is 444 g/mol. The number of carbonyl (C=O) groups is 3. The van der Waals surface area contributed by atoms with Crippen molar-refractivity contribution in [1.82, 2.24) is 10.2 Å². The molecule has 0 bridgehead atoms. The van der Waals surface area contributed by atoms with Crippen molar-refractivity contribution < 1.29 is 23.9 Å². The molecule has 0 aliphatic carbocycles. The van der Waals surface area contributed by atoms with Gasteiger partial charge in [-0.1, -0.05) is 55.8 Å². The van der Waals surface area contributed by atoms with Gasteiger partial charge in [0.05, 0.1) is 0 Å². The summed E-state index contributed by atoms with van der Waals surface area (Å²) < 4.78 is 10.8. The molecule has 0 fully saturated rings. The summed E-state index contributed by atoms with van der Waals surface area (Å²) in [5.41, 5.74) is 0.819. The number of hydrogen-bond donors (Lipinski definition) is 1. The normalized spacial score (nSPS) is 21.1. The molecule has 0 saturated carbocycles. The van der Waals surface area contributed by atoms with E-state index < -0.39 is 12.1 Å². The third kappa shape index (κ3) is 9.76. The highest BCUT2D eigenvalue weighted by Gasteiger charge is 2.19. The second-order valence-corrected chi connectivity index (χ2v) is 7.73. The van der Waals surface area contributed by atoms with Gasteiger partial charge in [0.2, 0.25) is 11.9 Å². The Balaban J connectivity index is 2.10. The van der Waals surface area contributed by atoms with Crippen molar-refractivity contribution >= 4 is 23.9 Å². The zero-order chi connectivity index (χ0) is 23.2. The first-order valence-corrected chi connectivity index (χ1v) is 11.1. The molecule has 32 heavy (non-hydrogen) atoms. The molecule has 1 heterocycles. The summed E-state index contributed by atoms with van der Waals surface area (Å²) in [7, 11) is 1.57. The highest BCUT2D eigenvalue weighted by atomic mass is 16.5. The summed E-state index contributed by atoms with van der Waals surface area (Å²) in [5.74, 6) is -0.763. The summed E-state index contributed by atoms with van der Waals surface area (Å²) in [5, 5.41) is 2.63. The molecule has 2 rings (SSSR count). The highest BCUT2D eigenvalue weighted by molar-refractivity contribution is 6.01. The molecule has 1 aromatic carbocycles. The van der Waals surface area contributed by atoms with Gasteiger partial charge in [0, 0.05) is 19.9 Å². The van der Waals surface area contributed by atoms with Gasteiger partial charge in [-0.2, -0.15) is 0 Å². The maximum Gasteiger partial charge on any atom is 0.437 e. The smallest absolute Gasteiger partial charge is 0.437 e. The van der Waals surface area contributed by atoms with Gasteiger partial charge in [0.1, 0.15) is 19.3 Å². The second-order valence-electron chi connectivity index (χ2n) is 7.73. The molecule has 0 aromatic heterocycles. The van der Waals surface area contributed by atoms with E-state index in [0.29, 0.717) is 19.3 Å². The topological polar surface area (TPSA) is 97.3 Å². The number of allylic oxidation sites excluding steroid dienone is 1. The summed E-state index contributed by atoms with van der Waals surface area (Å²) in [4.78, 5) is 42.4. The average Bonchev–Trinajstić information content (AvgIpc) is 2.77. The molecule has 8 heteroatoms. The fourth-order valence-corrected chi connectivity index (χ4v) is 3.19. The summed E-state index contributed by atoms with van der Waals surface area (Å²) >= 11 is 0. The van der Waals surface area contributed by atoms with E-state index in [9.17, 15) is 14.4 Å². The first-order valence-electron chi connectivity index (χ1n) is 11.1. The van der Waals surface area contributed by atoms with E-state index in [-0.39, 0.29) is 31.1 Å². The second kappa shape index (κ2) is 14.0. The Morgan fingerprint density at radius 3 is 2.75 bits per heavy atom. The van der Waals surface area contributed by atoms with Crippen molar-refractivity contribution in [1.29, 1.82) is 0 Å². The van der Waals surface area contributed by atoms with Gasteiger partial charge in [0.15, 0.2) is 0 Å². The van der Waals surface area contributed by atoms with E-state index >= 15 is 0 Å². The number of ether oxygens (including phenoxy) is 2. The number of hydrogen-bond acceptors (Lipinski definition) is 5. The fourth-order valence-electron chi connectivity index (χ4n) is 3.19. The van der Waals surface area contributed by atoms with Crippen LogP contribution in [0.15, 0.2) is 47.5 Å². The molecule has 8 nitrogen and oxygen atoms in total. The van der Waals surface area contributed by atoms with Crippen LogP contribution in [0, 0.1) is 0 Å². The Labute approximate surface area is 189 Å². The number of esters is 1. The number of nitrogens with one attached hydrogen (secondary N) is 1. The quantitative estimate of drug-likeness (QED) is 0.559. The molecule has 0 spiro atoms. The van der Waals surface area contributed by atoms with E-state index in [1.807, 2.05) is 43.3 Å². The Hall–Kier alpha value is -3.16. The maximum atomic E-state index is 12.5. The number of carbonyl (C=O) groups excluding carboxylic acids is 3. The standard InChI is InChI=1S/C24H33N3O5/c1-3-12-20-15-10-5-4-6-11-16-21(28)25-23(27(2)17-22(29)32-20)26-24(30)31-18-19-13-8-7-9-14-19/h5,7-10,13-14,20H,3-4,6,11-12,15-18H2,1-2H3,(H,25,26,28,30)/b10-5+. The molecule has 0 saturated heterocycles. The molecular formula is C24H33N3O5. The number of rotatable bonds is 4. The van der Waals surface area contributed by atoms with E-state index in [4.69, 9.17) is 9.47 Å². The van der Waals surface area contributed by atoms with Crippen molar-refractivity contribution in [2.24, 2.45) is 4.99 Å². The Morgan fingerprint density at radius 2 is 2.00 bits per heavy atom. The van der Waals surface area contributed by atoms with E-state index in [1.54, 1.807) is 7.05 Å². The molecule has 1 N–H and O–H groups in total. The summed E-state index contributed by atoms with van der Waals surface area (Å²) in [6.45, 7) is 1.94. The number of nitrogens with zero attached hydrogens (tertiary/aromatic N) is 2. The minimum atomic E-state index is -0.852. The van der Waals surface area contributed by atoms with Crippen molar-refractivity contribution in [2.45, 2.75) is 64.6 Å². The van der Waals surface area contributed by atoms with Crippen LogP contribution < -0.4 is 5.32 Å². The van der Waals surface area contributed by atoms with Gasteiger partial charge in [-0.05, 0) is 31.2 Å². The zero-order valence-corrected chi connectivity index (χ0v) is 18.9. The fraction of sp³-hybridized carbons (Fsp3) is 0.500. The van der Waals surface area contributed by atoms with Crippen LogP contribution >= 0.6 is 0 Å². The minimum absolute atomic E-state index is 0.0370. The first kappa shape index (κ1) is 25.1. The number of cyclic esters (lactones) is 1. The van der Waals surface area contributed by atoms with Crippen LogP contribution in [-0.2, 0) is 25.7 Å². The van der Waals surface area contributed by atoms with Crippen LogP contribution in [0.1, 0.15) is 57.4 Å². The number of aliphatic imine (C=N–C) groups is 1.